The van der Waals surface area contributed by atoms with Gasteiger partial charge in [-0.05, 0) is 37.5 Å². The second kappa shape index (κ2) is 5.73. The Morgan fingerprint density at radius 1 is 1.38 bits per heavy atom. The molecule has 21 heavy (non-hydrogen) atoms. The lowest BCUT2D eigenvalue weighted by Crippen LogP contribution is -2.47. The lowest BCUT2D eigenvalue weighted by atomic mass is 9.95. The van der Waals surface area contributed by atoms with Gasteiger partial charge in [0, 0.05) is 5.54 Å². The number of hydrogen-bond donors (Lipinski definition) is 2. The Kier molecular flexibility index (Phi) is 4.34. The molecule has 116 valence electrons. The van der Waals surface area contributed by atoms with Crippen LogP contribution in [0, 0.1) is 12.7 Å². The zero-order chi connectivity index (χ0) is 15.7. The van der Waals surface area contributed by atoms with Gasteiger partial charge < -0.3 is 5.11 Å². The Morgan fingerprint density at radius 3 is 2.57 bits per heavy atom. The number of rotatable bonds is 5. The number of halogens is 1. The first-order valence-corrected chi connectivity index (χ1v) is 8.24. The smallest absolute Gasteiger partial charge is 0.305 e. The van der Waals surface area contributed by atoms with Crippen molar-refractivity contribution in [3.8, 4) is 0 Å². The van der Waals surface area contributed by atoms with E-state index in [-0.39, 0.29) is 6.42 Å². The van der Waals surface area contributed by atoms with Crippen molar-refractivity contribution < 1.29 is 22.7 Å². The van der Waals surface area contributed by atoms with Crippen LogP contribution in [-0.4, -0.2) is 25.0 Å². The Hall–Kier alpha value is -1.47. The quantitative estimate of drug-likeness (QED) is 0.872. The highest BCUT2D eigenvalue weighted by molar-refractivity contribution is 7.89. The second-order valence-corrected chi connectivity index (χ2v) is 7.25. The lowest BCUT2D eigenvalue weighted by molar-refractivity contribution is -0.138. The van der Waals surface area contributed by atoms with Crippen molar-refractivity contribution in [1.82, 2.24) is 4.72 Å². The number of nitrogens with one attached hydrogen (secondary N) is 1. The number of aryl methyl sites for hydroxylation is 1. The monoisotopic (exact) mass is 315 g/mol. The van der Waals surface area contributed by atoms with Crippen LogP contribution in [-0.2, 0) is 14.8 Å². The lowest BCUT2D eigenvalue weighted by Gasteiger charge is -2.28. The standard InChI is InChI=1S/C14H18FNO4S/c1-10-4-5-11(15)12(8-10)21(19,20)16-14(9-13(17)18)6-2-3-7-14/h4-5,8,16H,2-3,6-7,9H2,1H3,(H,17,18). The van der Waals surface area contributed by atoms with Crippen molar-refractivity contribution in [2.45, 2.75) is 49.5 Å². The van der Waals surface area contributed by atoms with Gasteiger partial charge in [0.1, 0.15) is 10.7 Å². The third-order valence-electron chi connectivity index (χ3n) is 3.78. The number of carboxylic acids is 1. The Bertz CT molecular complexity index is 651. The van der Waals surface area contributed by atoms with Crippen LogP contribution in [0.1, 0.15) is 37.7 Å². The van der Waals surface area contributed by atoms with E-state index in [1.807, 2.05) is 0 Å². The Morgan fingerprint density at radius 2 is 2.00 bits per heavy atom. The van der Waals surface area contributed by atoms with Crippen LogP contribution in [0.2, 0.25) is 0 Å². The molecule has 1 aromatic carbocycles. The molecule has 0 radical (unpaired) electrons. The van der Waals surface area contributed by atoms with Crippen LogP contribution in [0.4, 0.5) is 4.39 Å². The molecule has 1 saturated carbocycles. The molecule has 0 bridgehead atoms. The maximum atomic E-state index is 13.8. The number of sulfonamides is 1. The molecule has 0 unspecified atom stereocenters. The molecule has 2 rings (SSSR count). The summed E-state index contributed by atoms with van der Waals surface area (Å²) in [6.07, 6.45) is 2.12. The number of hydrogen-bond acceptors (Lipinski definition) is 3. The van der Waals surface area contributed by atoms with E-state index >= 15 is 0 Å². The zero-order valence-electron chi connectivity index (χ0n) is 11.7. The molecule has 0 atom stereocenters. The number of carbonyl (C=O) groups is 1. The van der Waals surface area contributed by atoms with E-state index in [0.29, 0.717) is 18.4 Å². The molecule has 0 spiro atoms. The summed E-state index contributed by atoms with van der Waals surface area (Å²) in [5.41, 5.74) is -0.392. The molecule has 0 saturated heterocycles. The normalized spacial score (nSPS) is 17.8. The summed E-state index contributed by atoms with van der Waals surface area (Å²) in [7, 11) is -4.09. The molecule has 5 nitrogen and oxygen atoms in total. The van der Waals surface area contributed by atoms with Gasteiger partial charge in [-0.1, -0.05) is 18.9 Å². The van der Waals surface area contributed by atoms with Crippen molar-refractivity contribution in [2.75, 3.05) is 0 Å². The Balaban J connectivity index is 2.35. The van der Waals surface area contributed by atoms with Crippen LogP contribution in [0.25, 0.3) is 0 Å². The topological polar surface area (TPSA) is 83.5 Å². The van der Waals surface area contributed by atoms with Gasteiger partial charge in [-0.3, -0.25) is 4.79 Å². The molecule has 1 aliphatic rings. The van der Waals surface area contributed by atoms with Crippen molar-refractivity contribution in [3.63, 3.8) is 0 Å². The van der Waals surface area contributed by atoms with E-state index < -0.39 is 32.2 Å². The van der Waals surface area contributed by atoms with Crippen molar-refractivity contribution >= 4 is 16.0 Å². The van der Waals surface area contributed by atoms with Gasteiger partial charge in [0.15, 0.2) is 0 Å². The third kappa shape index (κ3) is 3.59. The highest BCUT2D eigenvalue weighted by Gasteiger charge is 2.40. The zero-order valence-corrected chi connectivity index (χ0v) is 12.5. The summed E-state index contributed by atoms with van der Waals surface area (Å²) in [6, 6.07) is 3.83. The fourth-order valence-electron chi connectivity index (χ4n) is 2.81. The summed E-state index contributed by atoms with van der Waals surface area (Å²) in [6.45, 7) is 1.67. The van der Waals surface area contributed by atoms with Crippen LogP contribution in [0.15, 0.2) is 23.1 Å². The van der Waals surface area contributed by atoms with Crippen LogP contribution < -0.4 is 4.72 Å². The summed E-state index contributed by atoms with van der Waals surface area (Å²) in [5.74, 6) is -1.90. The fourth-order valence-corrected chi connectivity index (χ4v) is 4.43. The third-order valence-corrected chi connectivity index (χ3v) is 5.37. The van der Waals surface area contributed by atoms with E-state index in [1.165, 1.54) is 12.1 Å². The Labute approximate surface area is 123 Å². The minimum absolute atomic E-state index is 0.292. The SMILES string of the molecule is Cc1ccc(F)c(S(=O)(=O)NC2(CC(=O)O)CCCC2)c1. The summed E-state index contributed by atoms with van der Waals surface area (Å²) in [5, 5.41) is 9.00. The van der Waals surface area contributed by atoms with E-state index in [9.17, 15) is 17.6 Å². The van der Waals surface area contributed by atoms with E-state index in [0.717, 1.165) is 18.9 Å². The number of aliphatic carboxylic acids is 1. The van der Waals surface area contributed by atoms with Crippen LogP contribution in [0.5, 0.6) is 0 Å². The van der Waals surface area contributed by atoms with Crippen LogP contribution >= 0.6 is 0 Å². The molecule has 2 N–H and O–H groups in total. The highest BCUT2D eigenvalue weighted by atomic mass is 32.2. The summed E-state index contributed by atoms with van der Waals surface area (Å²) < 4.78 is 41.0. The van der Waals surface area contributed by atoms with Crippen molar-refractivity contribution in [3.05, 3.63) is 29.6 Å². The first kappa shape index (κ1) is 15.9. The molecule has 0 amide bonds. The average Bonchev–Trinajstić information content (AvgIpc) is 2.78. The molecular weight excluding hydrogens is 297 g/mol. The van der Waals surface area contributed by atoms with E-state index in [2.05, 4.69) is 4.72 Å². The number of benzene rings is 1. The molecule has 1 fully saturated rings. The maximum absolute atomic E-state index is 13.8. The maximum Gasteiger partial charge on any atom is 0.305 e. The van der Waals surface area contributed by atoms with Crippen LogP contribution in [0.3, 0.4) is 0 Å². The van der Waals surface area contributed by atoms with Gasteiger partial charge >= 0.3 is 5.97 Å². The van der Waals surface area contributed by atoms with E-state index in [1.54, 1.807) is 6.92 Å². The van der Waals surface area contributed by atoms with Gasteiger partial charge in [0.05, 0.1) is 6.42 Å². The molecule has 0 aliphatic heterocycles. The minimum Gasteiger partial charge on any atom is -0.481 e. The molecule has 1 aliphatic carbocycles. The average molecular weight is 315 g/mol. The van der Waals surface area contributed by atoms with Crippen molar-refractivity contribution in [1.29, 1.82) is 0 Å². The summed E-state index contributed by atoms with van der Waals surface area (Å²) in [4.78, 5) is 10.6. The van der Waals surface area contributed by atoms with Crippen molar-refractivity contribution in [2.24, 2.45) is 0 Å². The molecule has 7 heteroatoms. The van der Waals surface area contributed by atoms with Gasteiger partial charge in [-0.15, -0.1) is 0 Å². The predicted octanol–water partition coefficient (Wildman–Crippen LogP) is 2.20. The number of carboxylic acid groups (broad SMARTS) is 1. The summed E-state index contributed by atoms with van der Waals surface area (Å²) >= 11 is 0. The first-order chi connectivity index (χ1) is 9.74. The molecular formula is C14H18FNO4S. The minimum atomic E-state index is -4.09. The molecule has 0 heterocycles. The largest absolute Gasteiger partial charge is 0.481 e. The molecule has 0 aromatic heterocycles. The van der Waals surface area contributed by atoms with Gasteiger partial charge in [-0.25, -0.2) is 17.5 Å². The van der Waals surface area contributed by atoms with Gasteiger partial charge in [0.2, 0.25) is 10.0 Å². The second-order valence-electron chi connectivity index (χ2n) is 5.60. The molecule has 1 aromatic rings. The predicted molar refractivity (Wildman–Crippen MR) is 74.9 cm³/mol. The fraction of sp³-hybridized carbons (Fsp3) is 0.500. The van der Waals surface area contributed by atoms with Gasteiger partial charge in [-0.2, -0.15) is 0 Å². The first-order valence-electron chi connectivity index (χ1n) is 6.76. The van der Waals surface area contributed by atoms with Gasteiger partial charge in [0.25, 0.3) is 0 Å². The highest BCUT2D eigenvalue weighted by Crippen LogP contribution is 2.34. The van der Waals surface area contributed by atoms with E-state index in [4.69, 9.17) is 5.11 Å².